The number of methoxy groups -OCH3 is 1. The smallest absolute Gasteiger partial charge is 0.231 e. The van der Waals surface area contributed by atoms with Crippen LogP contribution in [0.3, 0.4) is 0 Å². The normalized spacial score (nSPS) is 18.7. The van der Waals surface area contributed by atoms with E-state index < -0.39 is 0 Å². The zero-order chi connectivity index (χ0) is 18.2. The first-order valence-corrected chi connectivity index (χ1v) is 9.76. The number of hydrogen-bond donors (Lipinski definition) is 0. The number of ether oxygens (including phenoxy) is 1. The highest BCUT2D eigenvalue weighted by molar-refractivity contribution is 5.38. The summed E-state index contributed by atoms with van der Waals surface area (Å²) < 4.78 is 13.0. The second-order valence-electron chi connectivity index (χ2n) is 7.44. The molecule has 3 aromatic heterocycles. The highest BCUT2D eigenvalue weighted by Crippen LogP contribution is 2.29. The van der Waals surface area contributed by atoms with E-state index in [1.54, 1.807) is 7.11 Å². The number of hydrogen-bond acceptors (Lipinski definition) is 7. The van der Waals surface area contributed by atoms with Crippen LogP contribution in [-0.4, -0.2) is 49.9 Å². The molecule has 4 heterocycles. The summed E-state index contributed by atoms with van der Waals surface area (Å²) in [4.78, 5) is 7.14. The lowest BCUT2D eigenvalue weighted by Gasteiger charge is -2.29. The molecule has 1 saturated heterocycles. The first-order chi connectivity index (χ1) is 13.3. The molecule has 0 amide bonds. The van der Waals surface area contributed by atoms with Gasteiger partial charge >= 0.3 is 0 Å². The molecule has 5 rings (SSSR count). The van der Waals surface area contributed by atoms with Crippen molar-refractivity contribution in [2.45, 2.75) is 51.0 Å². The van der Waals surface area contributed by atoms with Gasteiger partial charge in [-0.1, -0.05) is 0 Å². The summed E-state index contributed by atoms with van der Waals surface area (Å²) in [5.41, 5.74) is 1.94. The van der Waals surface area contributed by atoms with Gasteiger partial charge in [0.25, 0.3) is 0 Å². The fraction of sp³-hybridized carbons (Fsp3) is 0.579. The molecule has 0 atom stereocenters. The molecule has 27 heavy (non-hydrogen) atoms. The Morgan fingerprint density at radius 3 is 2.81 bits per heavy atom. The maximum Gasteiger partial charge on any atom is 0.231 e. The van der Waals surface area contributed by atoms with Gasteiger partial charge in [-0.3, -0.25) is 4.90 Å². The van der Waals surface area contributed by atoms with Crippen LogP contribution >= 0.6 is 0 Å². The summed E-state index contributed by atoms with van der Waals surface area (Å²) in [6, 6.07) is 3.70. The van der Waals surface area contributed by atoms with E-state index in [0.717, 1.165) is 68.4 Å². The second kappa shape index (κ2) is 6.92. The van der Waals surface area contributed by atoms with Gasteiger partial charge in [-0.25, -0.2) is 4.98 Å². The standard InChI is InChI=1S/C19H24N6O2/c1-26-17-7-6-16-21-22-19(25(16)23-17)13-8-10-24(11-9-13)12-18-20-14-4-2-3-5-15(14)27-18/h6-7,13H,2-5,8-12H2,1H3. The van der Waals surface area contributed by atoms with Gasteiger partial charge in [0.05, 0.1) is 19.3 Å². The Hall–Kier alpha value is -2.48. The fourth-order valence-electron chi connectivity index (χ4n) is 4.17. The predicted molar refractivity (Wildman–Crippen MR) is 97.7 cm³/mol. The minimum Gasteiger partial charge on any atom is -0.480 e. The Morgan fingerprint density at radius 1 is 1.15 bits per heavy atom. The Kier molecular flexibility index (Phi) is 4.27. The topological polar surface area (TPSA) is 81.6 Å². The van der Waals surface area contributed by atoms with Crippen LogP contribution in [0.1, 0.15) is 54.8 Å². The van der Waals surface area contributed by atoms with Crippen molar-refractivity contribution in [2.75, 3.05) is 20.2 Å². The molecule has 0 aromatic carbocycles. The van der Waals surface area contributed by atoms with Crippen LogP contribution in [-0.2, 0) is 19.4 Å². The fourth-order valence-corrected chi connectivity index (χ4v) is 4.17. The monoisotopic (exact) mass is 368 g/mol. The highest BCUT2D eigenvalue weighted by atomic mass is 16.5. The molecule has 1 fully saturated rings. The summed E-state index contributed by atoms with van der Waals surface area (Å²) in [5, 5.41) is 13.1. The molecule has 1 aliphatic heterocycles. The molecule has 0 N–H and O–H groups in total. The Morgan fingerprint density at radius 2 is 2.00 bits per heavy atom. The molecule has 142 valence electrons. The van der Waals surface area contributed by atoms with Gasteiger partial charge in [-0.15, -0.1) is 15.3 Å². The number of likely N-dealkylation sites (tertiary alicyclic amines) is 1. The van der Waals surface area contributed by atoms with Crippen molar-refractivity contribution < 1.29 is 9.15 Å². The van der Waals surface area contributed by atoms with Crippen LogP contribution in [0.5, 0.6) is 5.88 Å². The third-order valence-electron chi connectivity index (χ3n) is 5.67. The van der Waals surface area contributed by atoms with E-state index in [4.69, 9.17) is 14.1 Å². The van der Waals surface area contributed by atoms with E-state index in [-0.39, 0.29) is 0 Å². The van der Waals surface area contributed by atoms with Crippen LogP contribution in [0.15, 0.2) is 16.5 Å². The van der Waals surface area contributed by atoms with E-state index in [1.165, 1.54) is 18.5 Å². The Labute approximate surface area is 157 Å². The third-order valence-corrected chi connectivity index (χ3v) is 5.67. The van der Waals surface area contributed by atoms with Crippen molar-refractivity contribution in [3.05, 3.63) is 35.3 Å². The summed E-state index contributed by atoms with van der Waals surface area (Å²) in [6.07, 6.45) is 6.62. The number of nitrogens with zero attached hydrogens (tertiary/aromatic N) is 6. The predicted octanol–water partition coefficient (Wildman–Crippen LogP) is 2.38. The average molecular weight is 368 g/mol. The van der Waals surface area contributed by atoms with Crippen LogP contribution in [0.25, 0.3) is 5.65 Å². The summed E-state index contributed by atoms with van der Waals surface area (Å²) >= 11 is 0. The number of piperidine rings is 1. The second-order valence-corrected chi connectivity index (χ2v) is 7.44. The lowest BCUT2D eigenvalue weighted by molar-refractivity contribution is 0.183. The highest BCUT2D eigenvalue weighted by Gasteiger charge is 2.26. The summed E-state index contributed by atoms with van der Waals surface area (Å²) in [7, 11) is 1.62. The number of aryl methyl sites for hydroxylation is 2. The minimum absolute atomic E-state index is 0.355. The molecule has 0 unspecified atom stereocenters. The molecule has 0 saturated carbocycles. The van der Waals surface area contributed by atoms with Crippen LogP contribution in [0, 0.1) is 0 Å². The van der Waals surface area contributed by atoms with Crippen molar-refractivity contribution in [3.63, 3.8) is 0 Å². The van der Waals surface area contributed by atoms with Crippen LogP contribution in [0.4, 0.5) is 0 Å². The maximum absolute atomic E-state index is 5.99. The Bertz CT molecular complexity index is 917. The largest absolute Gasteiger partial charge is 0.480 e. The zero-order valence-corrected chi connectivity index (χ0v) is 15.6. The quantitative estimate of drug-likeness (QED) is 0.699. The van der Waals surface area contributed by atoms with Crippen molar-refractivity contribution in [2.24, 2.45) is 0 Å². The van der Waals surface area contributed by atoms with E-state index in [0.29, 0.717) is 11.8 Å². The van der Waals surface area contributed by atoms with Gasteiger partial charge < -0.3 is 9.15 Å². The van der Waals surface area contributed by atoms with Crippen LogP contribution in [0.2, 0.25) is 0 Å². The third kappa shape index (κ3) is 3.18. The molecule has 1 aliphatic carbocycles. The van der Waals surface area contributed by atoms with Crippen molar-refractivity contribution in [1.29, 1.82) is 0 Å². The van der Waals surface area contributed by atoms with Gasteiger partial charge in [-0.05, 0) is 51.3 Å². The van der Waals surface area contributed by atoms with Gasteiger partial charge in [0.1, 0.15) is 5.76 Å². The summed E-state index contributed by atoms with van der Waals surface area (Å²) in [6.45, 7) is 2.79. The number of oxazole rings is 1. The SMILES string of the molecule is COc1ccc2nnc(C3CCN(Cc4nc5c(o4)CCCC5)CC3)n2n1. The van der Waals surface area contributed by atoms with E-state index in [1.807, 2.05) is 16.6 Å². The zero-order valence-electron chi connectivity index (χ0n) is 15.6. The molecule has 0 spiro atoms. The summed E-state index contributed by atoms with van der Waals surface area (Å²) in [5.74, 6) is 3.85. The van der Waals surface area contributed by atoms with Crippen LogP contribution < -0.4 is 4.74 Å². The minimum atomic E-state index is 0.355. The van der Waals surface area contributed by atoms with E-state index in [2.05, 4.69) is 20.2 Å². The Balaban J connectivity index is 1.26. The lowest BCUT2D eigenvalue weighted by atomic mass is 9.96. The number of aromatic nitrogens is 5. The van der Waals surface area contributed by atoms with Crippen molar-refractivity contribution in [1.82, 2.24) is 29.7 Å². The van der Waals surface area contributed by atoms with Gasteiger partial charge in [-0.2, -0.15) is 4.52 Å². The number of fused-ring (bicyclic) bond motifs is 2. The molecule has 2 aliphatic rings. The van der Waals surface area contributed by atoms with E-state index >= 15 is 0 Å². The molecular weight excluding hydrogens is 344 g/mol. The first kappa shape index (κ1) is 16.7. The lowest BCUT2D eigenvalue weighted by Crippen LogP contribution is -2.33. The molecular formula is C19H24N6O2. The van der Waals surface area contributed by atoms with Gasteiger partial charge in [0, 0.05) is 18.4 Å². The molecule has 8 heteroatoms. The number of rotatable bonds is 4. The molecule has 8 nitrogen and oxygen atoms in total. The maximum atomic E-state index is 5.99. The van der Waals surface area contributed by atoms with Crippen molar-refractivity contribution in [3.8, 4) is 5.88 Å². The van der Waals surface area contributed by atoms with Gasteiger partial charge in [0.2, 0.25) is 11.8 Å². The average Bonchev–Trinajstić information content (AvgIpc) is 3.31. The first-order valence-electron chi connectivity index (χ1n) is 9.76. The molecule has 0 bridgehead atoms. The molecule has 3 aromatic rings. The molecule has 0 radical (unpaired) electrons. The van der Waals surface area contributed by atoms with Crippen molar-refractivity contribution >= 4 is 5.65 Å². The van der Waals surface area contributed by atoms with E-state index in [9.17, 15) is 0 Å². The van der Waals surface area contributed by atoms with Gasteiger partial charge in [0.15, 0.2) is 11.5 Å².